The third-order valence-corrected chi connectivity index (χ3v) is 20.8. The van der Waals surface area contributed by atoms with Crippen LogP contribution in [-0.4, -0.2) is 144 Å². The highest BCUT2D eigenvalue weighted by Gasteiger charge is 2.50. The minimum Gasteiger partial charge on any atom is -0.369 e. The summed E-state index contributed by atoms with van der Waals surface area (Å²) in [6, 6.07) is 11.8. The van der Waals surface area contributed by atoms with Gasteiger partial charge < -0.3 is 51.3 Å². The van der Waals surface area contributed by atoms with E-state index in [-0.39, 0.29) is 53.0 Å². The van der Waals surface area contributed by atoms with Crippen LogP contribution in [0.1, 0.15) is 183 Å². The number of benzene rings is 2. The topological polar surface area (TPSA) is 107 Å². The summed E-state index contributed by atoms with van der Waals surface area (Å²) < 4.78 is 89.0. The maximum Gasteiger partial charge on any atom is 0.417 e. The minimum absolute atomic E-state index is 0.0778. The molecule has 12 nitrogen and oxygen atoms in total. The molecule has 1 spiro atoms. The molecule has 6 N–H and O–H groups in total. The molecule has 0 amide bonds. The molecular weight excluding hydrogens is 1180 g/mol. The monoisotopic (exact) mass is 1300 g/mol. The Labute approximate surface area is 549 Å². The van der Waals surface area contributed by atoms with Crippen LogP contribution in [0.25, 0.3) is 0 Å². The van der Waals surface area contributed by atoms with E-state index >= 15 is 0 Å². The number of aliphatic imine (C=N–C) groups is 1. The van der Waals surface area contributed by atoms with Gasteiger partial charge in [-0.05, 0) is 159 Å². The van der Waals surface area contributed by atoms with E-state index < -0.39 is 23.5 Å². The molecule has 6 rings (SSSR count). The lowest BCUT2D eigenvalue weighted by atomic mass is 9.76. The minimum atomic E-state index is -4.57. The first-order valence-electron chi connectivity index (χ1n) is 34.6. The fourth-order valence-corrected chi connectivity index (χ4v) is 14.7. The van der Waals surface area contributed by atoms with E-state index in [2.05, 4.69) is 143 Å². The zero-order valence-corrected chi connectivity index (χ0v) is 58.6. The molecule has 2 aromatic rings. The lowest BCUT2D eigenvalue weighted by Crippen LogP contribution is -2.73. The number of allylic oxidation sites excluding steroid dienone is 3. The van der Waals surface area contributed by atoms with E-state index in [0.29, 0.717) is 92.0 Å². The second-order valence-corrected chi connectivity index (χ2v) is 28.0. The fraction of sp³-hybridized carbons (Fsp3) is 0.708. The smallest absolute Gasteiger partial charge is 0.369 e. The third kappa shape index (κ3) is 21.9. The zero-order valence-electron chi connectivity index (χ0n) is 57.8. The van der Waals surface area contributed by atoms with Gasteiger partial charge in [-0.3, -0.25) is 9.89 Å². The summed E-state index contributed by atoms with van der Waals surface area (Å²) in [6.07, 6.45) is 12.8. The van der Waals surface area contributed by atoms with Crippen molar-refractivity contribution in [1.29, 1.82) is 0 Å². The molecule has 1 aliphatic carbocycles. The summed E-state index contributed by atoms with van der Waals surface area (Å²) in [5.74, 6) is 1.99. The van der Waals surface area contributed by atoms with Gasteiger partial charge in [0, 0.05) is 167 Å². The van der Waals surface area contributed by atoms with Crippen molar-refractivity contribution in [2.75, 3.05) is 52.9 Å². The number of fused-ring (bicyclic) bond motifs is 2. The number of hydrogen-bond donors (Lipinski definition) is 6. The lowest BCUT2D eigenvalue weighted by Gasteiger charge is -2.60. The van der Waals surface area contributed by atoms with Crippen molar-refractivity contribution in [1.82, 2.24) is 51.5 Å². The highest BCUT2D eigenvalue weighted by molar-refractivity contribution is 6.31. The van der Waals surface area contributed by atoms with Crippen molar-refractivity contribution in [2.45, 2.75) is 252 Å². The molecule has 0 radical (unpaired) electrons. The highest BCUT2D eigenvalue weighted by Crippen LogP contribution is 2.40. The Hall–Kier alpha value is -4.14. The Morgan fingerprint density at radius 2 is 1.46 bits per heavy atom. The van der Waals surface area contributed by atoms with Crippen molar-refractivity contribution >= 4 is 17.3 Å². The largest absolute Gasteiger partial charge is 0.417 e. The number of hydrogen-bond acceptors (Lipinski definition) is 12. The van der Waals surface area contributed by atoms with E-state index in [1.54, 1.807) is 18.3 Å². The molecule has 5 unspecified atom stereocenters. The van der Waals surface area contributed by atoms with Crippen LogP contribution in [0.3, 0.4) is 0 Å². The van der Waals surface area contributed by atoms with Crippen LogP contribution in [0, 0.1) is 23.7 Å². The van der Waals surface area contributed by atoms with Gasteiger partial charge in [-0.15, -0.1) is 0 Å². The van der Waals surface area contributed by atoms with E-state index in [0.717, 1.165) is 101 Å². The average Bonchev–Trinajstić information content (AvgIpc) is 1.10. The van der Waals surface area contributed by atoms with Crippen LogP contribution in [0.5, 0.6) is 0 Å². The number of nitrogens with zero attached hydrogens (tertiary/aromatic N) is 5. The third-order valence-electron chi connectivity index (χ3n) is 20.5. The van der Waals surface area contributed by atoms with E-state index in [4.69, 9.17) is 21.3 Å². The van der Waals surface area contributed by atoms with Crippen molar-refractivity contribution in [3.63, 3.8) is 0 Å². The van der Waals surface area contributed by atoms with Crippen LogP contribution in [0.4, 0.5) is 26.3 Å². The predicted molar refractivity (Wildman–Crippen MR) is 365 cm³/mol. The van der Waals surface area contributed by atoms with Gasteiger partial charge in [0.1, 0.15) is 6.23 Å². The Bertz CT molecular complexity index is 2660. The van der Waals surface area contributed by atoms with Gasteiger partial charge in [-0.2, -0.15) is 26.3 Å². The molecule has 4 aliphatic rings. The van der Waals surface area contributed by atoms with E-state index in [9.17, 15) is 26.3 Å². The number of alkyl halides is 6. The van der Waals surface area contributed by atoms with Gasteiger partial charge in [0.05, 0.1) is 16.1 Å². The molecule has 3 heterocycles. The molecule has 2 aromatic carbocycles. The van der Waals surface area contributed by atoms with Crippen molar-refractivity contribution in [2.24, 2.45) is 28.7 Å². The maximum atomic E-state index is 13.8. The number of nitrogens with one attached hydrogen (secondary N) is 6. The summed E-state index contributed by atoms with van der Waals surface area (Å²) >= 11 is 6.20. The standard InChI is InChI=1S/C72H116ClF6N11O/c1-16-49(7)66-42-84-65(39-48(5)6)53(11)83-43-67-51(9)55(13)90(67)69(50(8)17-2)54(12)86-70(33-20-21-34-70)47-80-44-68(91-19-4)82-35-32-60(30-26-58-27-31-63(64(73)41-58)72(77,78)79)81-36-38-87(15)45-62(40-57-24-28-59(29-25-57)71(74,75)76)88(18-3)46-61-23-22-37-89(61)56(14)52(10)85-66/h24-25,27-29,31-32,35-36,38,41,45-46,48-56,65-69,80,82-86H,16-23,26,30,33-34,37,39-40,42-44,47H2,1-15H3/t49-,50-,51+,52?,53?,54?,55?,56-,65-,66+,67?,68+,69-/m0/s1. The molecule has 1 saturated carbocycles. The van der Waals surface area contributed by atoms with Crippen molar-refractivity contribution < 1.29 is 31.1 Å². The molecule has 3 fully saturated rings. The summed E-state index contributed by atoms with van der Waals surface area (Å²) in [6.45, 7) is 37.6. The molecular formula is C72H116ClF6N11O. The molecule has 0 bridgehead atoms. The van der Waals surface area contributed by atoms with Crippen LogP contribution in [-0.2, 0) is 29.9 Å². The number of ether oxygens (including phenoxy) is 1. The molecule has 13 atom stereocenters. The fourth-order valence-electron chi connectivity index (χ4n) is 14.4. The van der Waals surface area contributed by atoms with Crippen LogP contribution in [0.2, 0.25) is 5.02 Å². The van der Waals surface area contributed by atoms with Gasteiger partial charge in [0.15, 0.2) is 0 Å². The molecule has 91 heavy (non-hydrogen) atoms. The van der Waals surface area contributed by atoms with Gasteiger partial charge >= 0.3 is 12.4 Å². The van der Waals surface area contributed by atoms with E-state index in [1.807, 2.05) is 43.5 Å². The maximum absolute atomic E-state index is 13.8. The lowest BCUT2D eigenvalue weighted by molar-refractivity contribution is -0.138. The molecule has 514 valence electrons. The predicted octanol–water partition coefficient (Wildman–Crippen LogP) is 14.7. The average molecular weight is 1300 g/mol. The highest BCUT2D eigenvalue weighted by atomic mass is 35.5. The van der Waals surface area contributed by atoms with Crippen LogP contribution in [0.15, 0.2) is 95.9 Å². The number of rotatable bonds is 14. The van der Waals surface area contributed by atoms with Gasteiger partial charge in [0.25, 0.3) is 0 Å². The number of likely N-dealkylation sites (N-methyl/N-ethyl adjacent to an activating group) is 1. The van der Waals surface area contributed by atoms with Gasteiger partial charge in [-0.1, -0.05) is 104 Å². The molecule has 3 aliphatic heterocycles. The van der Waals surface area contributed by atoms with Crippen molar-refractivity contribution in [3.05, 3.63) is 118 Å². The summed E-state index contributed by atoms with van der Waals surface area (Å²) in [5, 5.41) is 23.7. The van der Waals surface area contributed by atoms with Crippen molar-refractivity contribution in [3.8, 4) is 0 Å². The quantitative estimate of drug-likeness (QED) is 0.102. The summed E-state index contributed by atoms with van der Waals surface area (Å²) in [7, 11) is 1.90. The van der Waals surface area contributed by atoms with Gasteiger partial charge in [0.2, 0.25) is 0 Å². The van der Waals surface area contributed by atoms with E-state index in [1.165, 1.54) is 30.7 Å². The second-order valence-electron chi connectivity index (χ2n) is 27.6. The van der Waals surface area contributed by atoms with Crippen LogP contribution < -0.4 is 31.9 Å². The Balaban J connectivity index is 1.38. The Morgan fingerprint density at radius 1 is 0.769 bits per heavy atom. The molecule has 2 saturated heterocycles. The van der Waals surface area contributed by atoms with Gasteiger partial charge in [-0.25, -0.2) is 0 Å². The number of halogens is 7. The Kier molecular flexibility index (Phi) is 29.7. The Morgan fingerprint density at radius 3 is 2.09 bits per heavy atom. The second kappa shape index (κ2) is 35.6. The summed E-state index contributed by atoms with van der Waals surface area (Å²) in [4.78, 5) is 14.4. The number of aryl methyl sites for hydroxylation is 1. The first-order valence-corrected chi connectivity index (χ1v) is 34.9. The SMILES string of the molecule is CCO[C@@H]1CNCC2(CCCC2)NC(C)[C@H]([C@@H](C)CC)N2C(C)[C@@H](C)C2CNC(C)[C@H](CC(C)C)NC[C@H]([C@@H](C)CC)NC(C)[C@H](C)N2CCCC2=CN(CC)C(Cc2ccc(C(F)(F)F)cc2)=CN(C)C=CN=C(CCc2ccc(C(F)(F)F)c(Cl)c2)C=CN1. The normalized spacial score (nSPS) is 28.8. The zero-order chi connectivity index (χ0) is 66.8. The first kappa shape index (κ1) is 75.9. The molecule has 0 aromatic heterocycles. The van der Waals surface area contributed by atoms with Crippen LogP contribution >= 0.6 is 11.6 Å². The summed E-state index contributed by atoms with van der Waals surface area (Å²) in [5.41, 5.74) is 2.46. The molecule has 19 heteroatoms. The first-order chi connectivity index (χ1) is 43.1.